The highest BCUT2D eigenvalue weighted by Gasteiger charge is 2.54. The van der Waals surface area contributed by atoms with Crippen LogP contribution in [-0.4, -0.2) is 47.4 Å². The van der Waals surface area contributed by atoms with Gasteiger partial charge in [0.05, 0.1) is 5.41 Å². The molecule has 18 heavy (non-hydrogen) atoms. The van der Waals surface area contributed by atoms with E-state index in [0.717, 1.165) is 25.9 Å². The highest BCUT2D eigenvalue weighted by atomic mass is 16.2. The predicted octanol–water partition coefficient (Wildman–Crippen LogP) is 2.51. The van der Waals surface area contributed by atoms with E-state index in [9.17, 15) is 4.79 Å². The SMILES string of the molecule is CCC(C)N1CCCC2(C1)CN(C(C)CC)C2=O. The number of rotatable bonds is 4. The summed E-state index contributed by atoms with van der Waals surface area (Å²) in [6, 6.07) is 1.04. The average Bonchev–Trinajstić information content (AvgIpc) is 2.43. The number of carbonyl (C=O) groups is 1. The number of β-lactam (4-membered cyclic amide) rings is 1. The molecule has 2 rings (SSSR count). The van der Waals surface area contributed by atoms with Gasteiger partial charge in [-0.3, -0.25) is 9.69 Å². The van der Waals surface area contributed by atoms with Gasteiger partial charge in [-0.15, -0.1) is 0 Å². The predicted molar refractivity (Wildman–Crippen MR) is 74.5 cm³/mol. The van der Waals surface area contributed by atoms with Crippen molar-refractivity contribution in [3.63, 3.8) is 0 Å². The molecule has 1 spiro atoms. The molecule has 2 heterocycles. The first kappa shape index (κ1) is 13.9. The minimum Gasteiger partial charge on any atom is -0.338 e. The zero-order valence-corrected chi connectivity index (χ0v) is 12.4. The molecule has 0 radical (unpaired) electrons. The molecule has 2 saturated heterocycles. The first-order chi connectivity index (χ1) is 8.54. The molecule has 104 valence electrons. The maximum Gasteiger partial charge on any atom is 0.232 e. The van der Waals surface area contributed by atoms with Crippen LogP contribution in [0.2, 0.25) is 0 Å². The van der Waals surface area contributed by atoms with Crippen molar-refractivity contribution in [1.82, 2.24) is 9.80 Å². The summed E-state index contributed by atoms with van der Waals surface area (Å²) < 4.78 is 0. The van der Waals surface area contributed by atoms with Gasteiger partial charge in [0.1, 0.15) is 0 Å². The Kier molecular flexibility index (Phi) is 4.00. The van der Waals surface area contributed by atoms with Gasteiger partial charge in [-0.2, -0.15) is 0 Å². The molecule has 3 atom stereocenters. The van der Waals surface area contributed by atoms with Gasteiger partial charge in [-0.1, -0.05) is 13.8 Å². The van der Waals surface area contributed by atoms with Crippen molar-refractivity contribution >= 4 is 5.91 Å². The van der Waals surface area contributed by atoms with Crippen LogP contribution in [0, 0.1) is 5.41 Å². The molecule has 3 nitrogen and oxygen atoms in total. The highest BCUT2D eigenvalue weighted by Crippen LogP contribution is 2.42. The summed E-state index contributed by atoms with van der Waals surface area (Å²) in [7, 11) is 0. The van der Waals surface area contributed by atoms with E-state index in [0.29, 0.717) is 18.0 Å². The van der Waals surface area contributed by atoms with Gasteiger partial charge < -0.3 is 4.90 Å². The van der Waals surface area contributed by atoms with Gasteiger partial charge >= 0.3 is 0 Å². The average molecular weight is 252 g/mol. The molecule has 0 aromatic carbocycles. The first-order valence-electron chi connectivity index (χ1n) is 7.59. The molecular weight excluding hydrogens is 224 g/mol. The van der Waals surface area contributed by atoms with E-state index in [-0.39, 0.29) is 5.41 Å². The quantitative estimate of drug-likeness (QED) is 0.718. The molecule has 2 aliphatic rings. The van der Waals surface area contributed by atoms with Gasteiger partial charge in [0.25, 0.3) is 0 Å². The zero-order chi connectivity index (χ0) is 13.3. The van der Waals surface area contributed by atoms with Crippen LogP contribution in [0.3, 0.4) is 0 Å². The molecular formula is C15H28N2O. The molecule has 0 bridgehead atoms. The summed E-state index contributed by atoms with van der Waals surface area (Å²) in [6.07, 6.45) is 4.53. The molecule has 0 aliphatic carbocycles. The normalized spacial score (nSPS) is 32.4. The fourth-order valence-electron chi connectivity index (χ4n) is 3.36. The Labute approximate surface area is 112 Å². The van der Waals surface area contributed by atoms with Crippen LogP contribution in [-0.2, 0) is 4.79 Å². The maximum atomic E-state index is 12.5. The first-order valence-corrected chi connectivity index (χ1v) is 7.59. The van der Waals surface area contributed by atoms with Crippen molar-refractivity contribution < 1.29 is 4.79 Å². The lowest BCUT2D eigenvalue weighted by Crippen LogP contribution is -2.69. The minimum atomic E-state index is -0.0227. The number of hydrogen-bond donors (Lipinski definition) is 0. The van der Waals surface area contributed by atoms with Crippen LogP contribution in [0.1, 0.15) is 53.4 Å². The highest BCUT2D eigenvalue weighted by molar-refractivity contribution is 5.89. The fraction of sp³-hybridized carbons (Fsp3) is 0.933. The Morgan fingerprint density at radius 2 is 1.83 bits per heavy atom. The van der Waals surface area contributed by atoms with Crippen LogP contribution < -0.4 is 0 Å². The van der Waals surface area contributed by atoms with Crippen LogP contribution in [0.5, 0.6) is 0 Å². The third-order valence-corrected chi connectivity index (χ3v) is 5.13. The molecule has 3 heteroatoms. The van der Waals surface area contributed by atoms with E-state index in [2.05, 4.69) is 37.5 Å². The zero-order valence-electron chi connectivity index (χ0n) is 12.4. The Balaban J connectivity index is 2.00. The van der Waals surface area contributed by atoms with E-state index in [4.69, 9.17) is 0 Å². The number of likely N-dealkylation sites (tertiary alicyclic amines) is 2. The monoisotopic (exact) mass is 252 g/mol. The second kappa shape index (κ2) is 5.20. The number of piperidine rings is 1. The van der Waals surface area contributed by atoms with Gasteiger partial charge in [0.2, 0.25) is 5.91 Å². The van der Waals surface area contributed by atoms with Gasteiger partial charge in [-0.05, 0) is 46.1 Å². The summed E-state index contributed by atoms with van der Waals surface area (Å²) >= 11 is 0. The lowest BCUT2D eigenvalue weighted by molar-refractivity contribution is -0.171. The van der Waals surface area contributed by atoms with Crippen molar-refractivity contribution in [3.05, 3.63) is 0 Å². The third kappa shape index (κ3) is 2.18. The Morgan fingerprint density at radius 1 is 1.17 bits per heavy atom. The Hall–Kier alpha value is -0.570. The van der Waals surface area contributed by atoms with Crippen molar-refractivity contribution in [3.8, 4) is 0 Å². The smallest absolute Gasteiger partial charge is 0.232 e. The van der Waals surface area contributed by atoms with Crippen molar-refractivity contribution in [2.24, 2.45) is 5.41 Å². The summed E-state index contributed by atoms with van der Waals surface area (Å²) in [5, 5.41) is 0. The molecule has 0 N–H and O–H groups in total. The topological polar surface area (TPSA) is 23.6 Å². The van der Waals surface area contributed by atoms with E-state index in [1.165, 1.54) is 19.4 Å². The summed E-state index contributed by atoms with van der Waals surface area (Å²) in [4.78, 5) is 17.1. The van der Waals surface area contributed by atoms with E-state index < -0.39 is 0 Å². The maximum absolute atomic E-state index is 12.5. The summed E-state index contributed by atoms with van der Waals surface area (Å²) in [6.45, 7) is 12.0. The molecule has 2 aliphatic heterocycles. The third-order valence-electron chi connectivity index (χ3n) is 5.13. The Morgan fingerprint density at radius 3 is 2.39 bits per heavy atom. The molecule has 0 aromatic heterocycles. The van der Waals surface area contributed by atoms with Gasteiger partial charge in [-0.25, -0.2) is 0 Å². The van der Waals surface area contributed by atoms with E-state index in [1.807, 2.05) is 0 Å². The molecule has 0 saturated carbocycles. The number of carbonyl (C=O) groups excluding carboxylic acids is 1. The lowest BCUT2D eigenvalue weighted by atomic mass is 9.71. The fourth-order valence-corrected chi connectivity index (χ4v) is 3.36. The second-order valence-corrected chi connectivity index (χ2v) is 6.30. The lowest BCUT2D eigenvalue weighted by Gasteiger charge is -2.56. The van der Waals surface area contributed by atoms with Crippen LogP contribution in [0.25, 0.3) is 0 Å². The molecule has 0 aromatic rings. The molecule has 3 unspecified atom stereocenters. The standard InChI is InChI=1S/C15H28N2O/c1-5-12(3)16-9-7-8-15(10-16)11-17(14(15)18)13(4)6-2/h12-13H,5-11H2,1-4H3. The second-order valence-electron chi connectivity index (χ2n) is 6.30. The van der Waals surface area contributed by atoms with Crippen LogP contribution in [0.4, 0.5) is 0 Å². The number of amides is 1. The van der Waals surface area contributed by atoms with Crippen LogP contribution in [0.15, 0.2) is 0 Å². The van der Waals surface area contributed by atoms with E-state index >= 15 is 0 Å². The largest absolute Gasteiger partial charge is 0.338 e. The molecule has 1 amide bonds. The van der Waals surface area contributed by atoms with Crippen molar-refractivity contribution in [2.45, 2.75) is 65.5 Å². The summed E-state index contributed by atoms with van der Waals surface area (Å²) in [5.74, 6) is 0.421. The summed E-state index contributed by atoms with van der Waals surface area (Å²) in [5.41, 5.74) is -0.0227. The molecule has 2 fully saturated rings. The van der Waals surface area contributed by atoms with Crippen molar-refractivity contribution in [2.75, 3.05) is 19.6 Å². The number of hydrogen-bond acceptors (Lipinski definition) is 2. The Bertz CT molecular complexity index is 318. The number of nitrogens with zero attached hydrogens (tertiary/aromatic N) is 2. The minimum absolute atomic E-state index is 0.0227. The van der Waals surface area contributed by atoms with Crippen molar-refractivity contribution in [1.29, 1.82) is 0 Å². The van der Waals surface area contributed by atoms with E-state index in [1.54, 1.807) is 0 Å². The van der Waals surface area contributed by atoms with Crippen LogP contribution >= 0.6 is 0 Å². The van der Waals surface area contributed by atoms with Gasteiger partial charge in [0, 0.05) is 25.2 Å². The van der Waals surface area contributed by atoms with Gasteiger partial charge in [0.15, 0.2) is 0 Å².